The molecule has 158 valence electrons. The van der Waals surface area contributed by atoms with E-state index in [1.54, 1.807) is 38.4 Å². The number of carbonyl (C=O) groups is 2. The molecule has 1 aromatic heterocycles. The van der Waals surface area contributed by atoms with Crippen LogP contribution in [0.4, 0.5) is 5.69 Å². The molecular formula is C19H27N5O5. The van der Waals surface area contributed by atoms with Gasteiger partial charge >= 0.3 is 0 Å². The molecule has 0 bridgehead atoms. The van der Waals surface area contributed by atoms with Crippen molar-refractivity contribution in [3.05, 3.63) is 36.2 Å². The van der Waals surface area contributed by atoms with Crippen LogP contribution in [0, 0.1) is 0 Å². The number of benzene rings is 1. The van der Waals surface area contributed by atoms with Crippen molar-refractivity contribution in [1.29, 1.82) is 0 Å². The molecule has 0 fully saturated rings. The van der Waals surface area contributed by atoms with Gasteiger partial charge < -0.3 is 24.4 Å². The van der Waals surface area contributed by atoms with Crippen molar-refractivity contribution in [3.8, 4) is 5.75 Å². The zero-order valence-electron chi connectivity index (χ0n) is 17.1. The van der Waals surface area contributed by atoms with E-state index in [4.69, 9.17) is 14.2 Å². The maximum absolute atomic E-state index is 12.4. The maximum atomic E-state index is 12.4. The molecule has 0 atom stereocenters. The number of anilines is 1. The highest BCUT2D eigenvalue weighted by molar-refractivity contribution is 6.02. The molecule has 2 amide bonds. The minimum absolute atomic E-state index is 0.0493. The first-order valence-corrected chi connectivity index (χ1v) is 9.30. The summed E-state index contributed by atoms with van der Waals surface area (Å²) in [5.74, 6) is 0.000450. The lowest BCUT2D eigenvalue weighted by molar-refractivity contribution is -0.145. The third-order valence-electron chi connectivity index (χ3n) is 3.79. The van der Waals surface area contributed by atoms with Crippen molar-refractivity contribution >= 4 is 17.5 Å². The van der Waals surface area contributed by atoms with Crippen molar-refractivity contribution in [3.63, 3.8) is 0 Å². The number of hydrogen-bond acceptors (Lipinski definition) is 7. The zero-order chi connectivity index (χ0) is 21.2. The lowest BCUT2D eigenvalue weighted by atomic mass is 10.3. The van der Waals surface area contributed by atoms with Crippen LogP contribution in [0.25, 0.3) is 0 Å². The SMILES string of the molecule is CCOC(Cn1cc(C(=O)Nc2ccc(OCC(=O)N(C)C)cc2)nn1)OCC. The van der Waals surface area contributed by atoms with E-state index in [1.807, 2.05) is 13.8 Å². The molecule has 0 aliphatic rings. The van der Waals surface area contributed by atoms with E-state index < -0.39 is 12.2 Å². The van der Waals surface area contributed by atoms with Gasteiger partial charge in [0.05, 0.1) is 12.7 Å². The number of carbonyl (C=O) groups excluding carboxylic acids is 2. The van der Waals surface area contributed by atoms with E-state index in [9.17, 15) is 9.59 Å². The van der Waals surface area contributed by atoms with E-state index in [-0.39, 0.29) is 18.2 Å². The summed E-state index contributed by atoms with van der Waals surface area (Å²) in [6, 6.07) is 6.70. The first-order chi connectivity index (χ1) is 13.9. The van der Waals surface area contributed by atoms with Gasteiger partial charge in [0.15, 0.2) is 18.6 Å². The molecule has 0 spiro atoms. The first-order valence-electron chi connectivity index (χ1n) is 9.30. The molecule has 29 heavy (non-hydrogen) atoms. The predicted octanol–water partition coefficient (Wildman–Crippen LogP) is 1.40. The standard InChI is InChI=1S/C19H27N5O5/c1-5-27-18(28-6-2)12-24-11-16(21-22-24)19(26)20-14-7-9-15(10-8-14)29-13-17(25)23(3)4/h7-11,18H,5-6,12-13H2,1-4H3,(H,20,26). The normalized spacial score (nSPS) is 10.8. The summed E-state index contributed by atoms with van der Waals surface area (Å²) in [6.07, 6.45) is 1.08. The first kappa shape index (κ1) is 22.3. The van der Waals surface area contributed by atoms with Gasteiger partial charge in [-0.1, -0.05) is 5.21 Å². The molecule has 10 nitrogen and oxygen atoms in total. The molecular weight excluding hydrogens is 378 g/mol. The Hall–Kier alpha value is -2.98. The van der Waals surface area contributed by atoms with Crippen molar-refractivity contribution in [2.75, 3.05) is 39.2 Å². The van der Waals surface area contributed by atoms with Gasteiger partial charge in [-0.05, 0) is 38.1 Å². The number of ether oxygens (including phenoxy) is 3. The molecule has 1 N–H and O–H groups in total. The average molecular weight is 405 g/mol. The second-order valence-electron chi connectivity index (χ2n) is 6.22. The quantitative estimate of drug-likeness (QED) is 0.563. The molecule has 0 aliphatic carbocycles. The smallest absolute Gasteiger partial charge is 0.277 e. The predicted molar refractivity (Wildman–Crippen MR) is 106 cm³/mol. The number of likely N-dealkylation sites (N-methyl/N-ethyl adjacent to an activating group) is 1. The van der Waals surface area contributed by atoms with Crippen LogP contribution in [-0.4, -0.2) is 71.9 Å². The summed E-state index contributed by atoms with van der Waals surface area (Å²) in [4.78, 5) is 25.4. The molecule has 0 unspecified atom stereocenters. The van der Waals surface area contributed by atoms with Gasteiger partial charge in [-0.25, -0.2) is 4.68 Å². The number of nitrogens with zero attached hydrogens (tertiary/aromatic N) is 4. The molecule has 0 saturated heterocycles. The molecule has 2 aromatic rings. The Labute approximate surface area is 169 Å². The molecule has 0 saturated carbocycles. The fourth-order valence-corrected chi connectivity index (χ4v) is 2.27. The van der Waals surface area contributed by atoms with Gasteiger partial charge in [0.25, 0.3) is 11.8 Å². The Morgan fingerprint density at radius 2 is 1.79 bits per heavy atom. The van der Waals surface area contributed by atoms with Crippen molar-refractivity contribution in [1.82, 2.24) is 19.9 Å². The minimum atomic E-state index is -0.450. The highest BCUT2D eigenvalue weighted by Crippen LogP contribution is 2.16. The number of rotatable bonds is 11. The Morgan fingerprint density at radius 1 is 1.14 bits per heavy atom. The largest absolute Gasteiger partial charge is 0.484 e. The Balaban J connectivity index is 1.90. The fraction of sp³-hybridized carbons (Fsp3) is 0.474. The highest BCUT2D eigenvalue weighted by atomic mass is 16.7. The summed E-state index contributed by atoms with van der Waals surface area (Å²) in [5.41, 5.74) is 0.742. The minimum Gasteiger partial charge on any atom is -0.484 e. The van der Waals surface area contributed by atoms with E-state index in [1.165, 1.54) is 15.8 Å². The van der Waals surface area contributed by atoms with E-state index in [2.05, 4.69) is 15.6 Å². The Bertz CT molecular complexity index is 785. The van der Waals surface area contributed by atoms with Crippen molar-refractivity contribution < 1.29 is 23.8 Å². The highest BCUT2D eigenvalue weighted by Gasteiger charge is 2.15. The van der Waals surface area contributed by atoms with Crippen LogP contribution >= 0.6 is 0 Å². The molecule has 0 aliphatic heterocycles. The molecule has 1 aromatic carbocycles. The van der Waals surface area contributed by atoms with Crippen LogP contribution in [0.15, 0.2) is 30.5 Å². The molecule has 10 heteroatoms. The fourth-order valence-electron chi connectivity index (χ4n) is 2.27. The van der Waals surface area contributed by atoms with Gasteiger partial charge in [0, 0.05) is 33.0 Å². The van der Waals surface area contributed by atoms with E-state index in [0.29, 0.717) is 31.2 Å². The van der Waals surface area contributed by atoms with Gasteiger partial charge in [0.1, 0.15) is 5.75 Å². The topological polar surface area (TPSA) is 108 Å². The second kappa shape index (κ2) is 11.1. The lowest BCUT2D eigenvalue weighted by Crippen LogP contribution is -2.27. The Kier molecular flexibility index (Phi) is 8.56. The number of amides is 2. The zero-order valence-corrected chi connectivity index (χ0v) is 17.1. The summed E-state index contributed by atoms with van der Waals surface area (Å²) >= 11 is 0. The number of nitrogens with one attached hydrogen (secondary N) is 1. The number of aromatic nitrogens is 3. The van der Waals surface area contributed by atoms with Crippen LogP contribution in [0.3, 0.4) is 0 Å². The molecule has 1 heterocycles. The van der Waals surface area contributed by atoms with Crippen LogP contribution in [0.1, 0.15) is 24.3 Å². The third kappa shape index (κ3) is 7.16. The van der Waals surface area contributed by atoms with Crippen LogP contribution < -0.4 is 10.1 Å². The summed E-state index contributed by atoms with van der Waals surface area (Å²) in [6.45, 7) is 5.06. The summed E-state index contributed by atoms with van der Waals surface area (Å²) < 4.78 is 17.8. The van der Waals surface area contributed by atoms with Gasteiger partial charge in [0.2, 0.25) is 0 Å². The molecule has 2 rings (SSSR count). The van der Waals surface area contributed by atoms with Crippen molar-refractivity contribution in [2.45, 2.75) is 26.7 Å². The van der Waals surface area contributed by atoms with E-state index in [0.717, 1.165) is 0 Å². The average Bonchev–Trinajstić information content (AvgIpc) is 3.16. The monoisotopic (exact) mass is 405 g/mol. The Morgan fingerprint density at radius 3 is 2.38 bits per heavy atom. The maximum Gasteiger partial charge on any atom is 0.277 e. The van der Waals surface area contributed by atoms with Crippen LogP contribution in [0.2, 0.25) is 0 Å². The van der Waals surface area contributed by atoms with Crippen LogP contribution in [-0.2, 0) is 20.8 Å². The van der Waals surface area contributed by atoms with Gasteiger partial charge in [-0.2, -0.15) is 0 Å². The lowest BCUT2D eigenvalue weighted by Gasteiger charge is -2.16. The summed E-state index contributed by atoms with van der Waals surface area (Å²) in [5, 5.41) is 10.6. The van der Waals surface area contributed by atoms with Crippen molar-refractivity contribution in [2.24, 2.45) is 0 Å². The molecule has 0 radical (unpaired) electrons. The summed E-state index contributed by atoms with van der Waals surface area (Å²) in [7, 11) is 3.32. The van der Waals surface area contributed by atoms with E-state index >= 15 is 0 Å². The second-order valence-corrected chi connectivity index (χ2v) is 6.22. The van der Waals surface area contributed by atoms with Crippen LogP contribution in [0.5, 0.6) is 5.75 Å². The number of hydrogen-bond donors (Lipinski definition) is 1. The third-order valence-corrected chi connectivity index (χ3v) is 3.79. The van der Waals surface area contributed by atoms with Gasteiger partial charge in [-0.3, -0.25) is 9.59 Å². The van der Waals surface area contributed by atoms with Gasteiger partial charge in [-0.15, -0.1) is 5.10 Å².